The van der Waals surface area contributed by atoms with E-state index in [1.807, 2.05) is 17.0 Å². The summed E-state index contributed by atoms with van der Waals surface area (Å²) in [5.41, 5.74) is 2.14. The van der Waals surface area contributed by atoms with Crippen molar-refractivity contribution >= 4 is 11.9 Å². The third-order valence-corrected chi connectivity index (χ3v) is 6.05. The summed E-state index contributed by atoms with van der Waals surface area (Å²) in [6.07, 6.45) is 3.22. The topological polar surface area (TPSA) is 46.6 Å². The molecule has 1 aliphatic carbocycles. The van der Waals surface area contributed by atoms with Crippen molar-refractivity contribution in [1.29, 1.82) is 0 Å². The zero-order chi connectivity index (χ0) is 20.0. The van der Waals surface area contributed by atoms with Gasteiger partial charge in [0, 0.05) is 12.6 Å². The average Bonchev–Trinajstić information content (AvgIpc) is 2.80. The Morgan fingerprint density at radius 1 is 1.11 bits per heavy atom. The van der Waals surface area contributed by atoms with Crippen LogP contribution in [-0.4, -0.2) is 36.0 Å². The van der Waals surface area contributed by atoms with Crippen molar-refractivity contribution in [1.82, 2.24) is 4.90 Å². The number of esters is 1. The molecule has 2 bridgehead atoms. The van der Waals surface area contributed by atoms with Gasteiger partial charge in [0.15, 0.2) is 6.61 Å². The lowest BCUT2D eigenvalue weighted by Gasteiger charge is -2.39. The van der Waals surface area contributed by atoms with Crippen LogP contribution < -0.4 is 0 Å². The Morgan fingerprint density at radius 3 is 2.33 bits per heavy atom. The molecule has 1 saturated heterocycles. The molecule has 2 atom stereocenters. The van der Waals surface area contributed by atoms with Crippen molar-refractivity contribution in [3.05, 3.63) is 35.4 Å². The van der Waals surface area contributed by atoms with E-state index in [0.717, 1.165) is 31.4 Å². The Kier molecular flexibility index (Phi) is 4.90. The molecule has 1 saturated carbocycles. The zero-order valence-electron chi connectivity index (χ0n) is 17.6. The summed E-state index contributed by atoms with van der Waals surface area (Å²) in [6, 6.07) is 7.73. The fourth-order valence-electron chi connectivity index (χ4n) is 5.15. The molecule has 1 aliphatic heterocycles. The fraction of sp³-hybridized carbons (Fsp3) is 0.652. The van der Waals surface area contributed by atoms with E-state index in [2.05, 4.69) is 41.5 Å². The molecular formula is C23H33NO3. The van der Waals surface area contributed by atoms with Crippen LogP contribution >= 0.6 is 0 Å². The maximum absolute atomic E-state index is 12.7. The monoisotopic (exact) mass is 371 g/mol. The molecule has 0 aromatic heterocycles. The van der Waals surface area contributed by atoms with Crippen molar-refractivity contribution in [3.8, 4) is 0 Å². The van der Waals surface area contributed by atoms with Gasteiger partial charge in [0.1, 0.15) is 0 Å². The van der Waals surface area contributed by atoms with E-state index in [0.29, 0.717) is 5.56 Å². The Balaban J connectivity index is 1.59. The minimum atomic E-state index is -0.433. The molecule has 1 aromatic rings. The molecule has 2 aliphatic rings. The molecule has 148 valence electrons. The molecule has 0 N–H and O–H groups in total. The molecule has 4 nitrogen and oxygen atoms in total. The van der Waals surface area contributed by atoms with E-state index in [1.54, 1.807) is 12.1 Å². The highest BCUT2D eigenvalue weighted by atomic mass is 16.5. The Morgan fingerprint density at radius 2 is 1.74 bits per heavy atom. The lowest BCUT2D eigenvalue weighted by atomic mass is 9.65. The molecule has 0 radical (unpaired) electrons. The second-order valence-corrected chi connectivity index (χ2v) is 10.6. The predicted octanol–water partition coefficient (Wildman–Crippen LogP) is 4.57. The Labute approximate surface area is 163 Å². The summed E-state index contributed by atoms with van der Waals surface area (Å²) in [5, 5.41) is 0. The third-order valence-electron chi connectivity index (χ3n) is 6.05. The van der Waals surface area contributed by atoms with Gasteiger partial charge in [0.05, 0.1) is 5.56 Å². The largest absolute Gasteiger partial charge is 0.452 e. The first kappa shape index (κ1) is 19.9. The van der Waals surface area contributed by atoms with Crippen LogP contribution in [0.1, 0.15) is 76.7 Å². The number of nitrogens with zero attached hydrogens (tertiary/aromatic N) is 1. The van der Waals surface area contributed by atoms with Gasteiger partial charge in [-0.05, 0) is 53.2 Å². The van der Waals surface area contributed by atoms with Crippen LogP contribution in [0, 0.1) is 10.8 Å². The highest BCUT2D eigenvalue weighted by Gasteiger charge is 2.50. The number of likely N-dealkylation sites (tertiary alicyclic amines) is 1. The van der Waals surface area contributed by atoms with Gasteiger partial charge in [-0.3, -0.25) is 4.79 Å². The van der Waals surface area contributed by atoms with Crippen LogP contribution in [0.15, 0.2) is 24.3 Å². The lowest BCUT2D eigenvalue weighted by Crippen LogP contribution is -2.39. The molecule has 3 rings (SSSR count). The van der Waals surface area contributed by atoms with Crippen LogP contribution in [0.4, 0.5) is 0 Å². The second-order valence-electron chi connectivity index (χ2n) is 10.6. The maximum Gasteiger partial charge on any atom is 0.338 e. The van der Waals surface area contributed by atoms with Gasteiger partial charge in [0.2, 0.25) is 0 Å². The van der Waals surface area contributed by atoms with E-state index in [9.17, 15) is 9.59 Å². The minimum Gasteiger partial charge on any atom is -0.452 e. The SMILES string of the molecule is CC1(C)C[C@@H]2C[C@@](C)(CN2C(=O)COC(=O)c2ccc(C(C)(C)C)cc2)C1. The van der Waals surface area contributed by atoms with Crippen LogP contribution in [0.3, 0.4) is 0 Å². The molecule has 1 aromatic carbocycles. The number of rotatable bonds is 3. The van der Waals surface area contributed by atoms with E-state index in [4.69, 9.17) is 4.74 Å². The van der Waals surface area contributed by atoms with Gasteiger partial charge in [-0.2, -0.15) is 0 Å². The van der Waals surface area contributed by atoms with E-state index >= 15 is 0 Å². The molecular weight excluding hydrogens is 338 g/mol. The summed E-state index contributed by atoms with van der Waals surface area (Å²) >= 11 is 0. The van der Waals surface area contributed by atoms with E-state index in [1.165, 1.54) is 0 Å². The second kappa shape index (κ2) is 6.65. The van der Waals surface area contributed by atoms with Gasteiger partial charge >= 0.3 is 5.97 Å². The first-order chi connectivity index (χ1) is 12.4. The lowest BCUT2D eigenvalue weighted by molar-refractivity contribution is -0.135. The van der Waals surface area contributed by atoms with Gasteiger partial charge in [-0.15, -0.1) is 0 Å². The van der Waals surface area contributed by atoms with Crippen molar-refractivity contribution in [2.45, 2.75) is 72.3 Å². The Hall–Kier alpha value is -1.84. The Bertz CT molecular complexity index is 729. The first-order valence-corrected chi connectivity index (χ1v) is 9.96. The molecule has 2 fully saturated rings. The summed E-state index contributed by atoms with van der Waals surface area (Å²) < 4.78 is 5.33. The van der Waals surface area contributed by atoms with Crippen LogP contribution in [0.5, 0.6) is 0 Å². The van der Waals surface area contributed by atoms with Crippen LogP contribution in [0.2, 0.25) is 0 Å². The van der Waals surface area contributed by atoms with E-state index in [-0.39, 0.29) is 34.8 Å². The van der Waals surface area contributed by atoms with Gasteiger partial charge in [-0.1, -0.05) is 53.7 Å². The number of carbonyl (C=O) groups excluding carboxylic acids is 2. The van der Waals surface area contributed by atoms with Crippen molar-refractivity contribution in [3.63, 3.8) is 0 Å². The summed E-state index contributed by atoms with van der Waals surface area (Å²) in [4.78, 5) is 27.0. The number of carbonyl (C=O) groups is 2. The molecule has 1 amide bonds. The summed E-state index contributed by atoms with van der Waals surface area (Å²) in [5.74, 6) is -0.501. The number of hydrogen-bond acceptors (Lipinski definition) is 3. The summed E-state index contributed by atoms with van der Waals surface area (Å²) in [7, 11) is 0. The first-order valence-electron chi connectivity index (χ1n) is 9.96. The number of benzene rings is 1. The standard InChI is InChI=1S/C23H33NO3/c1-21(2,3)17-9-7-16(8-10-17)20(26)27-13-19(25)24-15-23(6)12-18(24)11-22(4,5)14-23/h7-10,18H,11-15H2,1-6H3/t18-,23-/m1/s1. The number of amides is 1. The molecule has 0 unspecified atom stereocenters. The normalized spacial score (nSPS) is 26.7. The highest BCUT2D eigenvalue weighted by Crippen LogP contribution is 2.52. The molecule has 0 spiro atoms. The minimum absolute atomic E-state index is 0.0376. The molecule has 4 heteroatoms. The van der Waals surface area contributed by atoms with Gasteiger partial charge in [0.25, 0.3) is 5.91 Å². The fourth-order valence-corrected chi connectivity index (χ4v) is 5.15. The molecule has 1 heterocycles. The smallest absolute Gasteiger partial charge is 0.338 e. The molecule has 27 heavy (non-hydrogen) atoms. The van der Waals surface area contributed by atoms with Gasteiger partial charge in [-0.25, -0.2) is 4.79 Å². The summed E-state index contributed by atoms with van der Waals surface area (Å²) in [6.45, 7) is 13.8. The van der Waals surface area contributed by atoms with Crippen molar-refractivity contribution < 1.29 is 14.3 Å². The van der Waals surface area contributed by atoms with Crippen LogP contribution in [0.25, 0.3) is 0 Å². The predicted molar refractivity (Wildman–Crippen MR) is 107 cm³/mol. The number of fused-ring (bicyclic) bond motifs is 2. The van der Waals surface area contributed by atoms with Crippen LogP contribution in [-0.2, 0) is 14.9 Å². The zero-order valence-corrected chi connectivity index (χ0v) is 17.6. The highest BCUT2D eigenvalue weighted by molar-refractivity contribution is 5.91. The maximum atomic E-state index is 12.7. The number of hydrogen-bond donors (Lipinski definition) is 0. The average molecular weight is 372 g/mol. The number of ether oxygens (including phenoxy) is 1. The van der Waals surface area contributed by atoms with Gasteiger partial charge < -0.3 is 9.64 Å². The third kappa shape index (κ3) is 4.36. The van der Waals surface area contributed by atoms with Crippen molar-refractivity contribution in [2.24, 2.45) is 10.8 Å². The quantitative estimate of drug-likeness (QED) is 0.731. The van der Waals surface area contributed by atoms with Crippen molar-refractivity contribution in [2.75, 3.05) is 13.2 Å². The van der Waals surface area contributed by atoms with E-state index < -0.39 is 5.97 Å².